The number of aromatic amines is 1. The van der Waals surface area contributed by atoms with Crippen LogP contribution in [0.25, 0.3) is 11.0 Å². The van der Waals surface area contributed by atoms with Crippen molar-refractivity contribution in [3.8, 4) is 11.5 Å². The highest BCUT2D eigenvalue weighted by molar-refractivity contribution is 5.82. The number of alkyl halides is 3. The molecule has 1 unspecified atom stereocenters. The molecule has 2 N–H and O–H groups in total. The summed E-state index contributed by atoms with van der Waals surface area (Å²) in [6, 6.07) is 9.63. The SMILES string of the molecule is CCN1CCN(Cc2ccc(CC(=O)N3Cc4cc(Oc5ccnc6[nH]ccc56)cnc4C(CO)C3)cc2C(F)(F)F)CC1. The van der Waals surface area contributed by atoms with Gasteiger partial charge in [0, 0.05) is 64.1 Å². The number of fused-ring (bicyclic) bond motifs is 2. The first-order valence-corrected chi connectivity index (χ1v) is 14.8. The zero-order valence-corrected chi connectivity index (χ0v) is 24.5. The third-order valence-electron chi connectivity index (χ3n) is 8.53. The van der Waals surface area contributed by atoms with Crippen LogP contribution in [0, 0.1) is 0 Å². The molecule has 44 heavy (non-hydrogen) atoms. The summed E-state index contributed by atoms with van der Waals surface area (Å²) in [6.45, 7) is 6.53. The van der Waals surface area contributed by atoms with E-state index in [-0.39, 0.29) is 44.1 Å². The van der Waals surface area contributed by atoms with Crippen molar-refractivity contribution in [2.45, 2.75) is 38.5 Å². The predicted molar refractivity (Wildman–Crippen MR) is 158 cm³/mol. The third-order valence-corrected chi connectivity index (χ3v) is 8.53. The second kappa shape index (κ2) is 12.5. The monoisotopic (exact) mass is 608 g/mol. The molecule has 3 aromatic heterocycles. The van der Waals surface area contributed by atoms with Gasteiger partial charge in [0.15, 0.2) is 0 Å². The zero-order valence-electron chi connectivity index (χ0n) is 24.5. The molecule has 0 radical (unpaired) electrons. The molecule has 1 aromatic carbocycles. The lowest BCUT2D eigenvalue weighted by Gasteiger charge is -2.34. The number of nitrogens with one attached hydrogen (secondary N) is 1. The number of benzene rings is 1. The van der Waals surface area contributed by atoms with Crippen LogP contribution < -0.4 is 4.74 Å². The summed E-state index contributed by atoms with van der Waals surface area (Å²) in [5.41, 5.74) is 1.90. The van der Waals surface area contributed by atoms with E-state index in [4.69, 9.17) is 4.74 Å². The van der Waals surface area contributed by atoms with Gasteiger partial charge in [-0.25, -0.2) is 4.98 Å². The molecule has 0 saturated carbocycles. The molecule has 12 heteroatoms. The number of hydrogen-bond acceptors (Lipinski definition) is 7. The Hall–Kier alpha value is -4.00. The molecule has 0 aliphatic carbocycles. The minimum atomic E-state index is -4.53. The highest BCUT2D eigenvalue weighted by atomic mass is 19.4. The van der Waals surface area contributed by atoms with Gasteiger partial charge in [0.2, 0.25) is 5.91 Å². The first-order valence-electron chi connectivity index (χ1n) is 14.8. The fourth-order valence-electron chi connectivity index (χ4n) is 6.08. The fourth-order valence-corrected chi connectivity index (χ4v) is 6.08. The molecule has 1 amide bonds. The number of carbonyl (C=O) groups is 1. The number of halogens is 3. The number of H-pyrrole nitrogens is 1. The number of nitrogens with zero attached hydrogens (tertiary/aromatic N) is 5. The number of hydrogen-bond donors (Lipinski definition) is 2. The first kappa shape index (κ1) is 30.0. The smallest absolute Gasteiger partial charge is 0.416 e. The molecule has 5 heterocycles. The van der Waals surface area contributed by atoms with E-state index in [9.17, 15) is 23.1 Å². The van der Waals surface area contributed by atoms with Gasteiger partial charge in [0.1, 0.15) is 17.1 Å². The Bertz CT molecular complexity index is 1630. The Morgan fingerprint density at radius 3 is 2.64 bits per heavy atom. The minimum Gasteiger partial charge on any atom is -0.455 e. The van der Waals surface area contributed by atoms with E-state index in [1.807, 2.05) is 11.0 Å². The molecule has 1 atom stereocenters. The lowest BCUT2D eigenvalue weighted by molar-refractivity contribution is -0.139. The average molecular weight is 609 g/mol. The maximum absolute atomic E-state index is 14.1. The number of aliphatic hydroxyl groups is 1. The number of ether oxygens (including phenoxy) is 1. The van der Waals surface area contributed by atoms with Gasteiger partial charge < -0.3 is 24.6 Å². The Labute approximate surface area is 253 Å². The van der Waals surface area contributed by atoms with Crippen molar-refractivity contribution in [2.75, 3.05) is 45.9 Å². The lowest BCUT2D eigenvalue weighted by atomic mass is 9.94. The molecule has 4 aromatic rings. The molecule has 0 spiro atoms. The zero-order chi connectivity index (χ0) is 30.8. The van der Waals surface area contributed by atoms with Gasteiger partial charge >= 0.3 is 6.18 Å². The summed E-state index contributed by atoms with van der Waals surface area (Å²) >= 11 is 0. The van der Waals surface area contributed by atoms with Gasteiger partial charge in [0.25, 0.3) is 0 Å². The maximum Gasteiger partial charge on any atom is 0.416 e. The van der Waals surface area contributed by atoms with Crippen LogP contribution in [-0.2, 0) is 30.5 Å². The summed E-state index contributed by atoms with van der Waals surface area (Å²) in [5.74, 6) is 0.313. The second-order valence-corrected chi connectivity index (χ2v) is 11.4. The fraction of sp³-hybridized carbons (Fsp3) is 0.406. The molecular weight excluding hydrogens is 573 g/mol. The normalized spacial score (nSPS) is 18.0. The molecule has 6 rings (SSSR count). The van der Waals surface area contributed by atoms with E-state index in [2.05, 4.69) is 26.8 Å². The third kappa shape index (κ3) is 6.42. The van der Waals surface area contributed by atoms with Crippen LogP contribution in [0.1, 0.15) is 40.8 Å². The van der Waals surface area contributed by atoms with E-state index >= 15 is 0 Å². The van der Waals surface area contributed by atoms with Crippen molar-refractivity contribution in [2.24, 2.45) is 0 Å². The van der Waals surface area contributed by atoms with Gasteiger partial charge in [-0.05, 0) is 47.5 Å². The van der Waals surface area contributed by atoms with Crippen LogP contribution in [0.2, 0.25) is 0 Å². The average Bonchev–Trinajstić information content (AvgIpc) is 3.51. The Morgan fingerprint density at radius 1 is 1.09 bits per heavy atom. The number of aromatic nitrogens is 3. The summed E-state index contributed by atoms with van der Waals surface area (Å²) in [6.07, 6.45) is 0.270. The van der Waals surface area contributed by atoms with Crippen molar-refractivity contribution in [1.82, 2.24) is 29.7 Å². The second-order valence-electron chi connectivity index (χ2n) is 11.4. The highest BCUT2D eigenvalue weighted by Crippen LogP contribution is 2.35. The number of likely N-dealkylation sites (N-methyl/N-ethyl adjacent to an activating group) is 1. The van der Waals surface area contributed by atoms with E-state index in [0.717, 1.165) is 36.7 Å². The van der Waals surface area contributed by atoms with Crippen molar-refractivity contribution < 1.29 is 27.8 Å². The quantitative estimate of drug-likeness (QED) is 0.303. The van der Waals surface area contributed by atoms with Crippen molar-refractivity contribution in [3.05, 3.63) is 82.9 Å². The molecule has 1 fully saturated rings. The van der Waals surface area contributed by atoms with E-state index in [0.29, 0.717) is 41.5 Å². The molecule has 0 bridgehead atoms. The van der Waals surface area contributed by atoms with Crippen molar-refractivity contribution in [3.63, 3.8) is 0 Å². The predicted octanol–water partition coefficient (Wildman–Crippen LogP) is 4.57. The summed E-state index contributed by atoms with van der Waals surface area (Å²) in [7, 11) is 0. The van der Waals surface area contributed by atoms with Gasteiger partial charge in [0.05, 0.1) is 35.9 Å². The van der Waals surface area contributed by atoms with Crippen LogP contribution in [0.5, 0.6) is 11.5 Å². The maximum atomic E-state index is 14.1. The highest BCUT2D eigenvalue weighted by Gasteiger charge is 2.35. The van der Waals surface area contributed by atoms with E-state index in [1.54, 1.807) is 41.7 Å². The van der Waals surface area contributed by atoms with Gasteiger partial charge in [-0.15, -0.1) is 0 Å². The van der Waals surface area contributed by atoms with Crippen LogP contribution in [0.4, 0.5) is 13.2 Å². The number of pyridine rings is 2. The first-order chi connectivity index (χ1) is 21.2. The van der Waals surface area contributed by atoms with Crippen molar-refractivity contribution in [1.29, 1.82) is 0 Å². The van der Waals surface area contributed by atoms with Crippen LogP contribution in [-0.4, -0.2) is 86.5 Å². The number of rotatable bonds is 8. The summed E-state index contributed by atoms with van der Waals surface area (Å²) < 4.78 is 48.5. The minimum absolute atomic E-state index is 0.182. The molecule has 232 valence electrons. The van der Waals surface area contributed by atoms with E-state index < -0.39 is 17.7 Å². The van der Waals surface area contributed by atoms with Gasteiger partial charge in [-0.1, -0.05) is 19.1 Å². The lowest BCUT2D eigenvalue weighted by Crippen LogP contribution is -2.45. The molecule has 2 aliphatic heterocycles. The van der Waals surface area contributed by atoms with Gasteiger partial charge in [-0.3, -0.25) is 14.7 Å². The Kier molecular flexibility index (Phi) is 8.57. The van der Waals surface area contributed by atoms with E-state index in [1.165, 1.54) is 6.07 Å². The van der Waals surface area contributed by atoms with Crippen LogP contribution in [0.3, 0.4) is 0 Å². The van der Waals surface area contributed by atoms with Gasteiger partial charge in [-0.2, -0.15) is 13.2 Å². The van der Waals surface area contributed by atoms with Crippen LogP contribution in [0.15, 0.2) is 55.0 Å². The number of aliphatic hydroxyl groups excluding tert-OH is 1. The van der Waals surface area contributed by atoms with Crippen molar-refractivity contribution >= 4 is 16.9 Å². The van der Waals surface area contributed by atoms with Crippen LogP contribution >= 0.6 is 0 Å². The molecular formula is C32H35F3N6O3. The largest absolute Gasteiger partial charge is 0.455 e. The summed E-state index contributed by atoms with van der Waals surface area (Å²) in [4.78, 5) is 31.2. The topological polar surface area (TPSA) is 97.8 Å². The number of carbonyl (C=O) groups excluding carboxylic acids is 1. The molecule has 2 aliphatic rings. The number of piperazine rings is 1. The molecule has 1 saturated heterocycles. The standard InChI is InChI=1S/C32H35F3N6O3/c1-2-39-9-11-40(12-10-39)17-22-4-3-21(13-27(22)32(33,34)35)14-29(43)41-18-23-15-25(16-38-30(23)24(19-41)20-42)44-28-6-8-37-31-26(28)5-7-36-31/h3-8,13,15-16,24,42H,2,9-12,14,17-20H2,1H3,(H,36,37). The number of amides is 1. The molecule has 9 nitrogen and oxygen atoms in total. The Balaban J connectivity index is 1.17. The Morgan fingerprint density at radius 2 is 1.89 bits per heavy atom. The summed E-state index contributed by atoms with van der Waals surface area (Å²) in [5, 5.41) is 10.9.